The smallest absolute Gasteiger partial charge is 0.157 e. The van der Waals surface area contributed by atoms with Crippen molar-refractivity contribution in [1.82, 2.24) is 9.78 Å². The second-order valence-corrected chi connectivity index (χ2v) is 4.63. The van der Waals surface area contributed by atoms with E-state index in [0.29, 0.717) is 6.04 Å². The molecule has 1 aromatic rings. The summed E-state index contributed by atoms with van der Waals surface area (Å²) in [6, 6.07) is 0.401. The Morgan fingerprint density at radius 2 is 2.07 bits per heavy atom. The zero-order chi connectivity index (χ0) is 11.3. The quantitative estimate of drug-likeness (QED) is 0.674. The van der Waals surface area contributed by atoms with Gasteiger partial charge in [-0.25, -0.2) is 0 Å². The second-order valence-electron chi connectivity index (χ2n) is 4.63. The zero-order valence-corrected chi connectivity index (χ0v) is 10.2. The van der Waals surface area contributed by atoms with Crippen LogP contribution in [0.1, 0.15) is 46.6 Å². The lowest BCUT2D eigenvalue weighted by Crippen LogP contribution is -2.01. The first-order chi connectivity index (χ1) is 7.09. The van der Waals surface area contributed by atoms with Gasteiger partial charge in [0.25, 0.3) is 0 Å². The molecule has 0 spiro atoms. The van der Waals surface area contributed by atoms with E-state index >= 15 is 0 Å². The van der Waals surface area contributed by atoms with Crippen molar-refractivity contribution in [2.24, 2.45) is 5.92 Å². The third kappa shape index (κ3) is 4.36. The van der Waals surface area contributed by atoms with Crippen LogP contribution < -0.4 is 4.74 Å². The molecule has 86 valence electrons. The Labute approximate surface area is 92.4 Å². The lowest BCUT2D eigenvalue weighted by Gasteiger charge is -2.06. The van der Waals surface area contributed by atoms with Crippen LogP contribution >= 0.6 is 0 Å². The summed E-state index contributed by atoms with van der Waals surface area (Å²) in [5.74, 6) is 1.64. The third-order valence-electron chi connectivity index (χ3n) is 2.30. The van der Waals surface area contributed by atoms with Crippen LogP contribution in [0.3, 0.4) is 0 Å². The summed E-state index contributed by atoms with van der Waals surface area (Å²) in [5, 5.41) is 4.22. The molecule has 3 heteroatoms. The predicted octanol–water partition coefficient (Wildman–Crippen LogP) is 3.28. The van der Waals surface area contributed by atoms with E-state index in [1.165, 1.54) is 6.42 Å². The summed E-state index contributed by atoms with van der Waals surface area (Å²) in [5.41, 5.74) is 0. The van der Waals surface area contributed by atoms with Crippen molar-refractivity contribution in [3.8, 4) is 5.75 Å². The summed E-state index contributed by atoms with van der Waals surface area (Å²) in [6.07, 6.45) is 6.08. The van der Waals surface area contributed by atoms with E-state index in [-0.39, 0.29) is 0 Å². The summed E-state index contributed by atoms with van der Waals surface area (Å²) in [4.78, 5) is 0. The largest absolute Gasteiger partial charge is 0.490 e. The standard InChI is InChI=1S/C12H22N2O/c1-10(2)6-5-7-15-12-8-13-14(9-12)11(3)4/h8-11H,5-7H2,1-4H3. The Bertz CT molecular complexity index is 279. The molecule has 0 radical (unpaired) electrons. The minimum Gasteiger partial charge on any atom is -0.490 e. The molecular formula is C12H22N2O. The number of rotatable bonds is 6. The first-order valence-corrected chi connectivity index (χ1v) is 5.76. The fourth-order valence-corrected chi connectivity index (χ4v) is 1.36. The van der Waals surface area contributed by atoms with E-state index in [2.05, 4.69) is 32.8 Å². The average Bonchev–Trinajstić information content (AvgIpc) is 2.60. The minimum absolute atomic E-state index is 0.401. The van der Waals surface area contributed by atoms with E-state index in [1.807, 2.05) is 10.9 Å². The van der Waals surface area contributed by atoms with Crippen LogP contribution in [0.2, 0.25) is 0 Å². The molecule has 1 rings (SSSR count). The molecular weight excluding hydrogens is 188 g/mol. The van der Waals surface area contributed by atoms with Gasteiger partial charge in [-0.2, -0.15) is 5.10 Å². The highest BCUT2D eigenvalue weighted by Crippen LogP contribution is 2.13. The molecule has 1 heterocycles. The van der Waals surface area contributed by atoms with E-state index < -0.39 is 0 Å². The molecule has 3 nitrogen and oxygen atoms in total. The van der Waals surface area contributed by atoms with Crippen LogP contribution in [0.25, 0.3) is 0 Å². The van der Waals surface area contributed by atoms with E-state index in [4.69, 9.17) is 4.74 Å². The molecule has 0 amide bonds. The van der Waals surface area contributed by atoms with Gasteiger partial charge in [-0.3, -0.25) is 4.68 Å². The van der Waals surface area contributed by atoms with Gasteiger partial charge in [-0.05, 0) is 32.6 Å². The van der Waals surface area contributed by atoms with Crippen LogP contribution in [0, 0.1) is 5.92 Å². The second kappa shape index (κ2) is 5.79. The number of hydrogen-bond acceptors (Lipinski definition) is 2. The molecule has 0 aliphatic heterocycles. The van der Waals surface area contributed by atoms with Gasteiger partial charge in [0.1, 0.15) is 0 Å². The zero-order valence-electron chi connectivity index (χ0n) is 10.2. The highest BCUT2D eigenvalue weighted by Gasteiger charge is 2.02. The third-order valence-corrected chi connectivity index (χ3v) is 2.30. The first kappa shape index (κ1) is 12.1. The van der Waals surface area contributed by atoms with Crippen molar-refractivity contribution in [3.05, 3.63) is 12.4 Å². The van der Waals surface area contributed by atoms with Crippen molar-refractivity contribution < 1.29 is 4.74 Å². The Kier molecular flexibility index (Phi) is 4.66. The van der Waals surface area contributed by atoms with Crippen molar-refractivity contribution in [2.75, 3.05) is 6.61 Å². The fraction of sp³-hybridized carbons (Fsp3) is 0.750. The van der Waals surface area contributed by atoms with Gasteiger partial charge in [0.05, 0.1) is 19.0 Å². The van der Waals surface area contributed by atoms with Gasteiger partial charge in [-0.1, -0.05) is 13.8 Å². The topological polar surface area (TPSA) is 27.1 Å². The van der Waals surface area contributed by atoms with Gasteiger partial charge in [0.15, 0.2) is 5.75 Å². The first-order valence-electron chi connectivity index (χ1n) is 5.76. The monoisotopic (exact) mass is 210 g/mol. The molecule has 0 aliphatic rings. The van der Waals surface area contributed by atoms with E-state index in [1.54, 1.807) is 6.20 Å². The number of ether oxygens (including phenoxy) is 1. The Hall–Kier alpha value is -0.990. The molecule has 0 aliphatic carbocycles. The molecule has 0 saturated heterocycles. The molecule has 0 N–H and O–H groups in total. The molecule has 15 heavy (non-hydrogen) atoms. The SMILES string of the molecule is CC(C)CCCOc1cnn(C(C)C)c1. The van der Waals surface area contributed by atoms with Crippen molar-refractivity contribution in [2.45, 2.75) is 46.6 Å². The lowest BCUT2D eigenvalue weighted by atomic mass is 10.1. The Balaban J connectivity index is 2.26. The maximum Gasteiger partial charge on any atom is 0.157 e. The molecule has 0 fully saturated rings. The molecule has 1 aromatic heterocycles. The van der Waals surface area contributed by atoms with Gasteiger partial charge in [0, 0.05) is 6.04 Å². The summed E-state index contributed by atoms with van der Waals surface area (Å²) < 4.78 is 7.52. The molecule has 0 aromatic carbocycles. The van der Waals surface area contributed by atoms with Crippen molar-refractivity contribution >= 4 is 0 Å². The van der Waals surface area contributed by atoms with Crippen LogP contribution in [-0.2, 0) is 0 Å². The van der Waals surface area contributed by atoms with Gasteiger partial charge in [-0.15, -0.1) is 0 Å². The Morgan fingerprint density at radius 3 is 2.60 bits per heavy atom. The van der Waals surface area contributed by atoms with Gasteiger partial charge < -0.3 is 4.74 Å². The maximum atomic E-state index is 5.60. The molecule has 0 atom stereocenters. The van der Waals surface area contributed by atoms with Crippen molar-refractivity contribution in [1.29, 1.82) is 0 Å². The maximum absolute atomic E-state index is 5.60. The summed E-state index contributed by atoms with van der Waals surface area (Å²) >= 11 is 0. The molecule has 0 saturated carbocycles. The van der Waals surface area contributed by atoms with E-state index in [9.17, 15) is 0 Å². The summed E-state index contributed by atoms with van der Waals surface area (Å²) in [6.45, 7) is 9.47. The van der Waals surface area contributed by atoms with Gasteiger partial charge >= 0.3 is 0 Å². The fourth-order valence-electron chi connectivity index (χ4n) is 1.36. The van der Waals surface area contributed by atoms with E-state index in [0.717, 1.165) is 24.7 Å². The van der Waals surface area contributed by atoms with Crippen LogP contribution in [0.4, 0.5) is 0 Å². The molecule has 0 bridgehead atoms. The number of aromatic nitrogens is 2. The minimum atomic E-state index is 0.401. The van der Waals surface area contributed by atoms with Crippen LogP contribution in [0.5, 0.6) is 5.75 Å². The lowest BCUT2D eigenvalue weighted by molar-refractivity contribution is 0.297. The van der Waals surface area contributed by atoms with Crippen LogP contribution in [0.15, 0.2) is 12.4 Å². The highest BCUT2D eigenvalue weighted by atomic mass is 16.5. The predicted molar refractivity (Wildman–Crippen MR) is 62.2 cm³/mol. The van der Waals surface area contributed by atoms with Gasteiger partial charge in [0.2, 0.25) is 0 Å². The average molecular weight is 210 g/mol. The summed E-state index contributed by atoms with van der Waals surface area (Å²) in [7, 11) is 0. The highest BCUT2D eigenvalue weighted by molar-refractivity contribution is 5.11. The molecule has 0 unspecified atom stereocenters. The normalized spacial score (nSPS) is 11.3. The van der Waals surface area contributed by atoms with Crippen molar-refractivity contribution in [3.63, 3.8) is 0 Å². The number of hydrogen-bond donors (Lipinski definition) is 0. The number of nitrogens with zero attached hydrogens (tertiary/aromatic N) is 2. The Morgan fingerprint density at radius 1 is 1.33 bits per heavy atom. The van der Waals surface area contributed by atoms with Crippen LogP contribution in [-0.4, -0.2) is 16.4 Å².